The zero-order valence-electron chi connectivity index (χ0n) is 8.21. The molecule has 0 aliphatic rings. The van der Waals surface area contributed by atoms with Crippen molar-refractivity contribution >= 4 is 50.5 Å². The first-order valence-electron chi connectivity index (χ1n) is 4.44. The molecule has 0 radical (unpaired) electrons. The standard InChI is InChI=1S/C10H5BrCl2FNOS/c11-6-2-1-5(3-7(6)14)16-10-15-9(13)8(4-12)17-10/h1-3H,4H2. The number of thiazole rings is 1. The van der Waals surface area contributed by atoms with Crippen LogP contribution in [0.3, 0.4) is 0 Å². The Kier molecular flexibility index (Phi) is 4.25. The number of alkyl halides is 1. The summed E-state index contributed by atoms with van der Waals surface area (Å²) in [6, 6.07) is 4.45. The van der Waals surface area contributed by atoms with Crippen molar-refractivity contribution in [1.82, 2.24) is 4.98 Å². The Morgan fingerprint density at radius 2 is 2.24 bits per heavy atom. The molecule has 0 saturated heterocycles. The molecule has 0 atom stereocenters. The highest BCUT2D eigenvalue weighted by molar-refractivity contribution is 9.10. The van der Waals surface area contributed by atoms with Crippen LogP contribution < -0.4 is 4.74 Å². The average Bonchev–Trinajstić information content (AvgIpc) is 2.64. The van der Waals surface area contributed by atoms with Gasteiger partial charge < -0.3 is 4.74 Å². The van der Waals surface area contributed by atoms with Gasteiger partial charge in [-0.2, -0.15) is 4.98 Å². The molecular formula is C10H5BrCl2FNOS. The van der Waals surface area contributed by atoms with Gasteiger partial charge in [-0.15, -0.1) is 11.6 Å². The normalized spacial score (nSPS) is 10.6. The summed E-state index contributed by atoms with van der Waals surface area (Å²) < 4.78 is 19.0. The van der Waals surface area contributed by atoms with Crippen LogP contribution in [0.2, 0.25) is 5.15 Å². The summed E-state index contributed by atoms with van der Waals surface area (Å²) in [6.45, 7) is 0. The Labute approximate surface area is 119 Å². The first kappa shape index (κ1) is 13.1. The topological polar surface area (TPSA) is 22.1 Å². The molecule has 0 unspecified atom stereocenters. The van der Waals surface area contributed by atoms with E-state index in [0.29, 0.717) is 20.6 Å². The third-order valence-corrected chi connectivity index (χ3v) is 4.27. The van der Waals surface area contributed by atoms with Crippen LogP contribution in [0.4, 0.5) is 4.39 Å². The Balaban J connectivity index is 2.22. The van der Waals surface area contributed by atoms with Crippen molar-refractivity contribution in [2.75, 3.05) is 0 Å². The third-order valence-electron chi connectivity index (χ3n) is 1.85. The van der Waals surface area contributed by atoms with E-state index >= 15 is 0 Å². The quantitative estimate of drug-likeness (QED) is 0.702. The minimum absolute atomic E-state index is 0.272. The van der Waals surface area contributed by atoms with E-state index in [9.17, 15) is 4.39 Å². The molecule has 0 fully saturated rings. The zero-order chi connectivity index (χ0) is 12.4. The molecule has 2 nitrogen and oxygen atoms in total. The minimum Gasteiger partial charge on any atom is -0.431 e. The fraction of sp³-hybridized carbons (Fsp3) is 0.100. The van der Waals surface area contributed by atoms with Gasteiger partial charge >= 0.3 is 0 Å². The Bertz CT molecular complexity index is 549. The van der Waals surface area contributed by atoms with Gasteiger partial charge in [-0.05, 0) is 28.1 Å². The molecule has 0 saturated carbocycles. The van der Waals surface area contributed by atoms with Crippen molar-refractivity contribution in [2.24, 2.45) is 0 Å². The van der Waals surface area contributed by atoms with Crippen molar-refractivity contribution in [3.05, 3.63) is 38.5 Å². The molecule has 7 heteroatoms. The molecule has 0 aliphatic heterocycles. The van der Waals surface area contributed by atoms with E-state index in [1.54, 1.807) is 12.1 Å². The lowest BCUT2D eigenvalue weighted by Crippen LogP contribution is -1.85. The van der Waals surface area contributed by atoms with Gasteiger partial charge in [0.2, 0.25) is 0 Å². The monoisotopic (exact) mass is 355 g/mol. The maximum atomic E-state index is 13.2. The van der Waals surface area contributed by atoms with Gasteiger partial charge in [0.15, 0.2) is 0 Å². The summed E-state index contributed by atoms with van der Waals surface area (Å²) in [6.07, 6.45) is 0. The number of nitrogens with zero attached hydrogens (tertiary/aromatic N) is 1. The van der Waals surface area contributed by atoms with Crippen molar-refractivity contribution in [3.8, 4) is 10.9 Å². The molecule has 2 rings (SSSR count). The second-order valence-electron chi connectivity index (χ2n) is 3.01. The summed E-state index contributed by atoms with van der Waals surface area (Å²) in [7, 11) is 0. The highest BCUT2D eigenvalue weighted by Crippen LogP contribution is 2.33. The van der Waals surface area contributed by atoms with Crippen LogP contribution in [-0.2, 0) is 5.88 Å². The van der Waals surface area contributed by atoms with Crippen molar-refractivity contribution in [3.63, 3.8) is 0 Å². The SMILES string of the molecule is Fc1cc(Oc2nc(Cl)c(CCl)s2)ccc1Br. The van der Waals surface area contributed by atoms with E-state index in [0.717, 1.165) is 4.88 Å². The lowest BCUT2D eigenvalue weighted by Gasteiger charge is -2.01. The van der Waals surface area contributed by atoms with Crippen LogP contribution in [0.15, 0.2) is 22.7 Å². The number of ether oxygens (including phenoxy) is 1. The van der Waals surface area contributed by atoms with Crippen LogP contribution >= 0.6 is 50.5 Å². The van der Waals surface area contributed by atoms with Crippen molar-refractivity contribution in [2.45, 2.75) is 5.88 Å². The molecule has 1 aromatic heterocycles. The molecule has 1 aromatic carbocycles. The molecule has 0 spiro atoms. The molecular weight excluding hydrogens is 352 g/mol. The van der Waals surface area contributed by atoms with Gasteiger partial charge in [0, 0.05) is 6.07 Å². The maximum absolute atomic E-state index is 13.2. The summed E-state index contributed by atoms with van der Waals surface area (Å²) in [5.74, 6) is 0.231. The first-order chi connectivity index (χ1) is 8.10. The van der Waals surface area contributed by atoms with E-state index in [4.69, 9.17) is 27.9 Å². The lowest BCUT2D eigenvalue weighted by atomic mass is 10.3. The van der Waals surface area contributed by atoms with E-state index in [2.05, 4.69) is 20.9 Å². The second kappa shape index (κ2) is 5.52. The van der Waals surface area contributed by atoms with Gasteiger partial charge in [-0.3, -0.25) is 0 Å². The first-order valence-corrected chi connectivity index (χ1v) is 6.96. The van der Waals surface area contributed by atoms with E-state index in [-0.39, 0.29) is 5.88 Å². The molecule has 90 valence electrons. The molecule has 0 aliphatic carbocycles. The molecule has 0 amide bonds. The van der Waals surface area contributed by atoms with Gasteiger partial charge in [0.25, 0.3) is 5.19 Å². The van der Waals surface area contributed by atoms with Crippen molar-refractivity contribution in [1.29, 1.82) is 0 Å². The van der Waals surface area contributed by atoms with Crippen molar-refractivity contribution < 1.29 is 9.13 Å². The largest absolute Gasteiger partial charge is 0.431 e. The van der Waals surface area contributed by atoms with Crippen LogP contribution in [0.25, 0.3) is 0 Å². The van der Waals surface area contributed by atoms with E-state index < -0.39 is 5.82 Å². The lowest BCUT2D eigenvalue weighted by molar-refractivity contribution is 0.472. The predicted octanol–water partition coefficient (Wildman–Crippen LogP) is 5.23. The average molecular weight is 357 g/mol. The predicted molar refractivity (Wildman–Crippen MR) is 70.9 cm³/mol. The van der Waals surface area contributed by atoms with Crippen LogP contribution in [-0.4, -0.2) is 4.98 Å². The molecule has 0 N–H and O–H groups in total. The zero-order valence-corrected chi connectivity index (χ0v) is 12.1. The van der Waals surface area contributed by atoms with Gasteiger partial charge in [-0.1, -0.05) is 22.9 Å². The molecule has 17 heavy (non-hydrogen) atoms. The number of aromatic nitrogens is 1. The minimum atomic E-state index is -0.400. The number of rotatable bonds is 3. The number of benzene rings is 1. The third kappa shape index (κ3) is 3.10. The fourth-order valence-corrected chi connectivity index (χ4v) is 2.66. The van der Waals surface area contributed by atoms with Crippen LogP contribution in [0.1, 0.15) is 4.88 Å². The molecule has 0 bridgehead atoms. The number of halogens is 4. The van der Waals surface area contributed by atoms with Crippen LogP contribution in [0, 0.1) is 5.82 Å². The highest BCUT2D eigenvalue weighted by atomic mass is 79.9. The Morgan fingerprint density at radius 1 is 1.47 bits per heavy atom. The molecule has 2 aromatic rings. The Hall–Kier alpha value is -0.360. The molecule has 1 heterocycles. The van der Waals surface area contributed by atoms with E-state index in [1.807, 2.05) is 0 Å². The maximum Gasteiger partial charge on any atom is 0.280 e. The second-order valence-corrected chi connectivity index (χ2v) is 5.53. The van der Waals surface area contributed by atoms with Gasteiger partial charge in [0.1, 0.15) is 16.7 Å². The number of hydrogen-bond acceptors (Lipinski definition) is 3. The highest BCUT2D eigenvalue weighted by Gasteiger charge is 2.11. The summed E-state index contributed by atoms with van der Waals surface area (Å²) in [5.41, 5.74) is 0. The fourth-order valence-electron chi connectivity index (χ4n) is 1.08. The summed E-state index contributed by atoms with van der Waals surface area (Å²) >= 11 is 15.8. The van der Waals surface area contributed by atoms with E-state index in [1.165, 1.54) is 17.4 Å². The Morgan fingerprint density at radius 3 is 2.82 bits per heavy atom. The summed E-state index contributed by atoms with van der Waals surface area (Å²) in [5, 5.41) is 0.657. The smallest absolute Gasteiger partial charge is 0.280 e. The van der Waals surface area contributed by atoms with Gasteiger partial charge in [0.05, 0.1) is 15.2 Å². The summed E-state index contributed by atoms with van der Waals surface area (Å²) in [4.78, 5) is 4.70. The van der Waals surface area contributed by atoms with Crippen LogP contribution in [0.5, 0.6) is 10.9 Å². The number of hydrogen-bond donors (Lipinski definition) is 0. The van der Waals surface area contributed by atoms with Gasteiger partial charge in [-0.25, -0.2) is 4.39 Å².